The zero-order valence-electron chi connectivity index (χ0n) is 12.5. The van der Waals surface area contributed by atoms with Crippen LogP contribution in [0.25, 0.3) is 0 Å². The summed E-state index contributed by atoms with van der Waals surface area (Å²) in [7, 11) is 0. The molecule has 1 unspecified atom stereocenters. The number of carboxylic acids is 1. The predicted octanol–water partition coefficient (Wildman–Crippen LogP) is 2.15. The van der Waals surface area contributed by atoms with Gasteiger partial charge in [0.25, 0.3) is 5.91 Å². The molecule has 0 aromatic heterocycles. The SMILES string of the molecule is Cc1cccc(OCC(=O)N2CCCCC2C(=O)O)c1C. The summed E-state index contributed by atoms with van der Waals surface area (Å²) in [6.07, 6.45) is 2.21. The number of rotatable bonds is 4. The van der Waals surface area contributed by atoms with Gasteiger partial charge in [0.2, 0.25) is 0 Å². The molecule has 1 N–H and O–H groups in total. The number of hydrogen-bond donors (Lipinski definition) is 1. The number of amides is 1. The van der Waals surface area contributed by atoms with Gasteiger partial charge in [-0.15, -0.1) is 0 Å². The largest absolute Gasteiger partial charge is 0.483 e. The third kappa shape index (κ3) is 3.54. The number of likely N-dealkylation sites (tertiary alicyclic amines) is 1. The maximum Gasteiger partial charge on any atom is 0.326 e. The van der Waals surface area contributed by atoms with Crippen LogP contribution in [0.4, 0.5) is 0 Å². The van der Waals surface area contributed by atoms with Crippen molar-refractivity contribution in [3.8, 4) is 5.75 Å². The van der Waals surface area contributed by atoms with Crippen molar-refractivity contribution in [3.05, 3.63) is 29.3 Å². The highest BCUT2D eigenvalue weighted by Crippen LogP contribution is 2.21. The van der Waals surface area contributed by atoms with Crippen LogP contribution in [0.1, 0.15) is 30.4 Å². The Labute approximate surface area is 124 Å². The molecule has 1 saturated heterocycles. The second-order valence-corrected chi connectivity index (χ2v) is 5.42. The number of piperidine rings is 1. The van der Waals surface area contributed by atoms with Crippen LogP contribution in [-0.4, -0.2) is 41.1 Å². The van der Waals surface area contributed by atoms with Crippen molar-refractivity contribution in [2.24, 2.45) is 0 Å². The molecule has 1 heterocycles. The Hall–Kier alpha value is -2.04. The average Bonchev–Trinajstić information content (AvgIpc) is 2.48. The van der Waals surface area contributed by atoms with Crippen LogP contribution in [-0.2, 0) is 9.59 Å². The van der Waals surface area contributed by atoms with Gasteiger partial charge < -0.3 is 14.7 Å². The maximum absolute atomic E-state index is 12.2. The molecule has 1 aliphatic rings. The summed E-state index contributed by atoms with van der Waals surface area (Å²) in [5.74, 6) is -0.523. The Morgan fingerprint density at radius 1 is 1.33 bits per heavy atom. The molecular formula is C16H21NO4. The first-order valence-electron chi connectivity index (χ1n) is 7.22. The number of carbonyl (C=O) groups is 2. The molecule has 1 fully saturated rings. The van der Waals surface area contributed by atoms with Gasteiger partial charge in [0.05, 0.1) is 0 Å². The third-order valence-electron chi connectivity index (χ3n) is 4.01. The lowest BCUT2D eigenvalue weighted by molar-refractivity contribution is -0.152. The monoisotopic (exact) mass is 291 g/mol. The van der Waals surface area contributed by atoms with E-state index in [0.29, 0.717) is 18.7 Å². The number of carboxylic acid groups (broad SMARTS) is 1. The van der Waals surface area contributed by atoms with Gasteiger partial charge in [0, 0.05) is 6.54 Å². The molecule has 2 rings (SSSR count). The Morgan fingerprint density at radius 2 is 2.10 bits per heavy atom. The molecule has 21 heavy (non-hydrogen) atoms. The van der Waals surface area contributed by atoms with Gasteiger partial charge in [-0.3, -0.25) is 4.79 Å². The van der Waals surface area contributed by atoms with Gasteiger partial charge in [-0.2, -0.15) is 0 Å². The van der Waals surface area contributed by atoms with Crippen molar-refractivity contribution in [2.75, 3.05) is 13.2 Å². The lowest BCUT2D eigenvalue weighted by atomic mass is 10.0. The number of aliphatic carboxylic acids is 1. The molecule has 0 spiro atoms. The van der Waals surface area contributed by atoms with Gasteiger partial charge in [-0.1, -0.05) is 12.1 Å². The second kappa shape index (κ2) is 6.61. The zero-order valence-corrected chi connectivity index (χ0v) is 12.5. The molecule has 1 amide bonds. The van der Waals surface area contributed by atoms with Crippen molar-refractivity contribution in [3.63, 3.8) is 0 Å². The highest BCUT2D eigenvalue weighted by molar-refractivity contribution is 5.84. The van der Waals surface area contributed by atoms with E-state index in [9.17, 15) is 14.7 Å². The summed E-state index contributed by atoms with van der Waals surface area (Å²) in [6.45, 7) is 4.30. The quantitative estimate of drug-likeness (QED) is 0.923. The topological polar surface area (TPSA) is 66.8 Å². The van der Waals surface area contributed by atoms with Crippen LogP contribution in [0.3, 0.4) is 0 Å². The van der Waals surface area contributed by atoms with Crippen molar-refractivity contribution in [1.82, 2.24) is 4.90 Å². The Kier molecular flexibility index (Phi) is 4.83. The van der Waals surface area contributed by atoms with E-state index in [1.165, 1.54) is 4.90 Å². The highest BCUT2D eigenvalue weighted by Gasteiger charge is 2.31. The van der Waals surface area contributed by atoms with Crippen LogP contribution in [0.5, 0.6) is 5.75 Å². The lowest BCUT2D eigenvalue weighted by Crippen LogP contribution is -2.49. The van der Waals surface area contributed by atoms with E-state index in [4.69, 9.17) is 4.74 Å². The van der Waals surface area contributed by atoms with Gasteiger partial charge in [0.15, 0.2) is 6.61 Å². The van der Waals surface area contributed by atoms with Gasteiger partial charge in [0.1, 0.15) is 11.8 Å². The molecule has 1 atom stereocenters. The number of nitrogens with zero attached hydrogens (tertiary/aromatic N) is 1. The number of aryl methyl sites for hydroxylation is 1. The smallest absolute Gasteiger partial charge is 0.326 e. The summed E-state index contributed by atoms with van der Waals surface area (Å²) in [5.41, 5.74) is 2.10. The van der Waals surface area contributed by atoms with E-state index in [0.717, 1.165) is 24.0 Å². The molecule has 5 nitrogen and oxygen atoms in total. The van der Waals surface area contributed by atoms with Crippen LogP contribution in [0.15, 0.2) is 18.2 Å². The molecule has 1 aromatic carbocycles. The van der Waals surface area contributed by atoms with Crippen molar-refractivity contribution in [1.29, 1.82) is 0 Å². The number of benzene rings is 1. The minimum atomic E-state index is -0.935. The summed E-state index contributed by atoms with van der Waals surface area (Å²) in [5, 5.41) is 9.19. The van der Waals surface area contributed by atoms with Crippen molar-refractivity contribution >= 4 is 11.9 Å². The lowest BCUT2D eigenvalue weighted by Gasteiger charge is -2.32. The molecule has 1 aliphatic heterocycles. The molecular weight excluding hydrogens is 270 g/mol. The third-order valence-corrected chi connectivity index (χ3v) is 4.01. The summed E-state index contributed by atoms with van der Waals surface area (Å²) in [4.78, 5) is 24.9. The fourth-order valence-corrected chi connectivity index (χ4v) is 2.59. The van der Waals surface area contributed by atoms with E-state index in [-0.39, 0.29) is 12.5 Å². The van der Waals surface area contributed by atoms with E-state index in [1.54, 1.807) is 0 Å². The standard InChI is InChI=1S/C16H21NO4/c1-11-6-5-8-14(12(11)2)21-10-15(18)17-9-4-3-7-13(17)16(19)20/h5-6,8,13H,3-4,7,9-10H2,1-2H3,(H,19,20). The first kappa shape index (κ1) is 15.4. The molecule has 0 bridgehead atoms. The van der Waals surface area contributed by atoms with Crippen LogP contribution in [0, 0.1) is 13.8 Å². The number of carbonyl (C=O) groups excluding carboxylic acids is 1. The van der Waals surface area contributed by atoms with E-state index in [1.807, 2.05) is 32.0 Å². The fourth-order valence-electron chi connectivity index (χ4n) is 2.59. The first-order valence-corrected chi connectivity index (χ1v) is 7.22. The first-order chi connectivity index (χ1) is 10.0. The molecule has 0 radical (unpaired) electrons. The van der Waals surface area contributed by atoms with E-state index >= 15 is 0 Å². The highest BCUT2D eigenvalue weighted by atomic mass is 16.5. The number of ether oxygens (including phenoxy) is 1. The van der Waals surface area contributed by atoms with Crippen LogP contribution >= 0.6 is 0 Å². The minimum absolute atomic E-state index is 0.117. The molecule has 5 heteroatoms. The Bertz CT molecular complexity index is 541. The van der Waals surface area contributed by atoms with Crippen molar-refractivity contribution < 1.29 is 19.4 Å². The normalized spacial score (nSPS) is 18.4. The predicted molar refractivity (Wildman–Crippen MR) is 78.4 cm³/mol. The summed E-state index contributed by atoms with van der Waals surface area (Å²) < 4.78 is 5.58. The second-order valence-electron chi connectivity index (χ2n) is 5.42. The number of hydrogen-bond acceptors (Lipinski definition) is 3. The summed E-state index contributed by atoms with van der Waals surface area (Å²) >= 11 is 0. The molecule has 0 aliphatic carbocycles. The average molecular weight is 291 g/mol. The Balaban J connectivity index is 2.00. The van der Waals surface area contributed by atoms with Crippen LogP contribution in [0.2, 0.25) is 0 Å². The minimum Gasteiger partial charge on any atom is -0.483 e. The van der Waals surface area contributed by atoms with E-state index in [2.05, 4.69) is 0 Å². The van der Waals surface area contributed by atoms with Crippen LogP contribution < -0.4 is 4.74 Å². The molecule has 0 saturated carbocycles. The fraction of sp³-hybridized carbons (Fsp3) is 0.500. The van der Waals surface area contributed by atoms with Gasteiger partial charge >= 0.3 is 5.97 Å². The maximum atomic E-state index is 12.2. The zero-order chi connectivity index (χ0) is 15.4. The van der Waals surface area contributed by atoms with Gasteiger partial charge in [-0.25, -0.2) is 4.79 Å². The summed E-state index contributed by atoms with van der Waals surface area (Å²) in [6, 6.07) is 4.96. The van der Waals surface area contributed by atoms with E-state index < -0.39 is 12.0 Å². The Morgan fingerprint density at radius 3 is 2.81 bits per heavy atom. The molecule has 114 valence electrons. The van der Waals surface area contributed by atoms with Gasteiger partial charge in [-0.05, 0) is 50.3 Å². The van der Waals surface area contributed by atoms with Crippen molar-refractivity contribution in [2.45, 2.75) is 39.2 Å². The molecule has 1 aromatic rings.